The lowest BCUT2D eigenvalue weighted by Crippen LogP contribution is -2.60. The average molecular weight is 472 g/mol. The van der Waals surface area contributed by atoms with E-state index in [1.165, 1.54) is 32.4 Å². The molecule has 5 nitrogen and oxygen atoms in total. The summed E-state index contributed by atoms with van der Waals surface area (Å²) >= 11 is 0. The number of rotatable bonds is 6. The molecule has 6 atom stereocenters. The number of ether oxygens (including phenoxy) is 1. The molecule has 5 aliphatic rings. The van der Waals surface area contributed by atoms with Crippen molar-refractivity contribution >= 4 is 11.8 Å². The Morgan fingerprint density at radius 3 is 2.53 bits per heavy atom. The molecule has 4 aliphatic carbocycles. The summed E-state index contributed by atoms with van der Waals surface area (Å²) in [7, 11) is 0. The number of carbonyl (C=O) groups excluding carboxylic acids is 2. The van der Waals surface area contributed by atoms with Crippen LogP contribution >= 0.6 is 0 Å². The van der Waals surface area contributed by atoms with E-state index in [2.05, 4.69) is 25.3 Å². The number of esters is 1. The second-order valence-electron chi connectivity index (χ2n) is 12.9. The molecule has 1 saturated heterocycles. The number of hydrogen-bond donors (Lipinski definition) is 1. The predicted molar refractivity (Wildman–Crippen MR) is 132 cm³/mol. The highest BCUT2D eigenvalue weighted by Gasteiger charge is 2.71. The third-order valence-electron chi connectivity index (χ3n) is 11.1. The van der Waals surface area contributed by atoms with Crippen LogP contribution in [0.25, 0.3) is 0 Å². The standard InChI is InChI=1S/C29H45NO4/c1-21-24(31)28-14-10-22-26(2,23(28)11-15-29(21,33)20-28)12-9-13-27(22,3)25(32)34-19-8-7-18-30-16-5-4-6-17-30/h22-23,33H,1,4-20H2,2-3H3/t22?,23-,26+,27+,28+,29+/m0/s1. The Labute approximate surface area is 205 Å². The molecule has 0 radical (unpaired) electrons. The Bertz CT molecular complexity index is 849. The van der Waals surface area contributed by atoms with Gasteiger partial charge < -0.3 is 14.7 Å². The highest BCUT2D eigenvalue weighted by Crippen LogP contribution is 2.71. The first kappa shape index (κ1) is 24.5. The molecule has 190 valence electrons. The molecule has 1 unspecified atom stereocenters. The van der Waals surface area contributed by atoms with Crippen LogP contribution in [-0.2, 0) is 14.3 Å². The van der Waals surface area contributed by atoms with Crippen LogP contribution in [0.2, 0.25) is 0 Å². The molecule has 4 saturated carbocycles. The highest BCUT2D eigenvalue weighted by atomic mass is 16.5. The fourth-order valence-electron chi connectivity index (χ4n) is 9.31. The van der Waals surface area contributed by atoms with Gasteiger partial charge in [0.15, 0.2) is 5.78 Å². The quantitative estimate of drug-likeness (QED) is 0.333. The van der Waals surface area contributed by atoms with Gasteiger partial charge in [-0.25, -0.2) is 0 Å². The summed E-state index contributed by atoms with van der Waals surface area (Å²) in [6, 6.07) is 0. The predicted octanol–water partition coefficient (Wildman–Crippen LogP) is 5.06. The topological polar surface area (TPSA) is 66.8 Å². The van der Waals surface area contributed by atoms with Crippen LogP contribution in [0.3, 0.4) is 0 Å². The largest absolute Gasteiger partial charge is 0.465 e. The molecular weight excluding hydrogens is 426 g/mol. The Morgan fingerprint density at radius 1 is 1.03 bits per heavy atom. The molecule has 0 amide bonds. The second kappa shape index (κ2) is 8.73. The number of aliphatic hydroxyl groups is 1. The molecule has 5 heteroatoms. The number of Topliss-reactive ketones (excluding diaryl/α,β-unsaturated/α-hetero) is 1. The van der Waals surface area contributed by atoms with Gasteiger partial charge in [0, 0.05) is 11.0 Å². The number of piperidine rings is 1. The zero-order valence-corrected chi connectivity index (χ0v) is 21.5. The van der Waals surface area contributed by atoms with Crippen LogP contribution in [0.15, 0.2) is 12.2 Å². The van der Waals surface area contributed by atoms with Crippen LogP contribution in [-0.4, -0.2) is 53.6 Å². The van der Waals surface area contributed by atoms with E-state index in [0.717, 1.165) is 57.9 Å². The zero-order valence-electron chi connectivity index (χ0n) is 21.5. The molecule has 1 aliphatic heterocycles. The van der Waals surface area contributed by atoms with Gasteiger partial charge in [0.25, 0.3) is 0 Å². The summed E-state index contributed by atoms with van der Waals surface area (Å²) < 4.78 is 5.94. The summed E-state index contributed by atoms with van der Waals surface area (Å²) in [6.07, 6.45) is 12.6. The van der Waals surface area contributed by atoms with Crippen molar-refractivity contribution in [3.8, 4) is 0 Å². The first-order valence-electron chi connectivity index (χ1n) is 14.0. The summed E-state index contributed by atoms with van der Waals surface area (Å²) in [5.41, 5.74) is -1.57. The lowest BCUT2D eigenvalue weighted by Gasteiger charge is -2.63. The molecule has 2 bridgehead atoms. The van der Waals surface area contributed by atoms with Crippen LogP contribution in [0.5, 0.6) is 0 Å². The number of fused-ring (bicyclic) bond motifs is 3. The van der Waals surface area contributed by atoms with Gasteiger partial charge in [-0.2, -0.15) is 0 Å². The first-order valence-corrected chi connectivity index (χ1v) is 14.0. The minimum atomic E-state index is -0.998. The van der Waals surface area contributed by atoms with Gasteiger partial charge >= 0.3 is 5.97 Å². The second-order valence-corrected chi connectivity index (χ2v) is 12.9. The summed E-state index contributed by atoms with van der Waals surface area (Å²) in [5, 5.41) is 11.1. The van der Waals surface area contributed by atoms with Crippen molar-refractivity contribution in [2.75, 3.05) is 26.2 Å². The molecule has 0 aromatic heterocycles. The van der Waals surface area contributed by atoms with E-state index in [1.54, 1.807) is 0 Å². The van der Waals surface area contributed by atoms with Gasteiger partial charge in [-0.1, -0.05) is 26.3 Å². The van der Waals surface area contributed by atoms with Crippen molar-refractivity contribution in [2.24, 2.45) is 28.1 Å². The van der Waals surface area contributed by atoms with E-state index in [-0.39, 0.29) is 29.0 Å². The number of likely N-dealkylation sites (tertiary alicyclic amines) is 1. The van der Waals surface area contributed by atoms with Crippen molar-refractivity contribution in [1.29, 1.82) is 0 Å². The van der Waals surface area contributed by atoms with Crippen molar-refractivity contribution in [3.63, 3.8) is 0 Å². The van der Waals surface area contributed by atoms with E-state index >= 15 is 0 Å². The molecule has 1 N–H and O–H groups in total. The maximum Gasteiger partial charge on any atom is 0.312 e. The van der Waals surface area contributed by atoms with Crippen LogP contribution in [0, 0.1) is 28.1 Å². The van der Waals surface area contributed by atoms with Gasteiger partial charge in [0.2, 0.25) is 0 Å². The highest BCUT2D eigenvalue weighted by molar-refractivity contribution is 6.04. The lowest BCUT2D eigenvalue weighted by atomic mass is 9.40. The minimum absolute atomic E-state index is 0.0215. The van der Waals surface area contributed by atoms with Gasteiger partial charge in [-0.3, -0.25) is 9.59 Å². The van der Waals surface area contributed by atoms with Gasteiger partial charge in [-0.05, 0) is 114 Å². The lowest BCUT2D eigenvalue weighted by molar-refractivity contribution is -0.191. The van der Waals surface area contributed by atoms with E-state index in [9.17, 15) is 14.7 Å². The zero-order chi connectivity index (χ0) is 24.2. The average Bonchev–Trinajstić information content (AvgIpc) is 2.95. The van der Waals surface area contributed by atoms with Gasteiger partial charge in [-0.15, -0.1) is 0 Å². The van der Waals surface area contributed by atoms with Crippen molar-refractivity contribution in [2.45, 2.75) is 103 Å². The summed E-state index contributed by atoms with van der Waals surface area (Å²) in [6.45, 7) is 12.6. The smallest absolute Gasteiger partial charge is 0.312 e. The number of unbranched alkanes of at least 4 members (excludes halogenated alkanes) is 1. The van der Waals surface area contributed by atoms with Crippen molar-refractivity contribution < 1.29 is 19.4 Å². The Balaban J connectivity index is 1.24. The van der Waals surface area contributed by atoms with Crippen molar-refractivity contribution in [1.82, 2.24) is 4.90 Å². The van der Waals surface area contributed by atoms with Gasteiger partial charge in [0.1, 0.15) is 0 Å². The molecule has 5 fully saturated rings. The van der Waals surface area contributed by atoms with Crippen LogP contribution < -0.4 is 0 Å². The SMILES string of the molecule is C=C1C(=O)[C@@]23CCC4[C@](C)(C(=O)OCCCCN5CCCCC5)CCC[C@@]4(C)[C@@H]2CC[C@@]1(O)C3. The van der Waals surface area contributed by atoms with E-state index < -0.39 is 16.4 Å². The molecule has 1 heterocycles. The molecule has 0 aromatic carbocycles. The maximum absolute atomic E-state index is 13.5. The Kier molecular flexibility index (Phi) is 6.29. The maximum atomic E-state index is 13.5. The first-order chi connectivity index (χ1) is 16.2. The fourth-order valence-corrected chi connectivity index (χ4v) is 9.31. The normalized spacial score (nSPS) is 44.4. The number of ketones is 1. The van der Waals surface area contributed by atoms with E-state index in [0.29, 0.717) is 25.0 Å². The van der Waals surface area contributed by atoms with E-state index in [1.807, 2.05) is 0 Å². The fraction of sp³-hybridized carbons (Fsp3) is 0.862. The van der Waals surface area contributed by atoms with Gasteiger partial charge in [0.05, 0.1) is 17.6 Å². The number of nitrogens with zero attached hydrogens (tertiary/aromatic N) is 1. The molecule has 1 spiro atoms. The molecule has 34 heavy (non-hydrogen) atoms. The molecule has 5 rings (SSSR count). The third kappa shape index (κ3) is 3.63. The minimum Gasteiger partial charge on any atom is -0.465 e. The molecule has 0 aromatic rings. The Morgan fingerprint density at radius 2 is 1.76 bits per heavy atom. The molecular formula is C29H45NO4. The van der Waals surface area contributed by atoms with Crippen molar-refractivity contribution in [3.05, 3.63) is 12.2 Å². The van der Waals surface area contributed by atoms with E-state index in [4.69, 9.17) is 4.74 Å². The monoisotopic (exact) mass is 471 g/mol. The Hall–Kier alpha value is -1.20. The number of hydrogen-bond acceptors (Lipinski definition) is 5. The van der Waals surface area contributed by atoms with Crippen LogP contribution in [0.1, 0.15) is 97.3 Å². The third-order valence-corrected chi connectivity index (χ3v) is 11.1. The number of carbonyl (C=O) groups is 2. The summed E-state index contributed by atoms with van der Waals surface area (Å²) in [4.78, 5) is 29.5. The summed E-state index contributed by atoms with van der Waals surface area (Å²) in [5.74, 6) is 0.549. The van der Waals surface area contributed by atoms with Crippen LogP contribution in [0.4, 0.5) is 0 Å².